The molecule has 0 spiro atoms. The molecule has 0 radical (unpaired) electrons. The number of aliphatic hydroxyl groups excluding tert-OH is 1. The van der Waals surface area contributed by atoms with Gasteiger partial charge in [-0.25, -0.2) is 0 Å². The van der Waals surface area contributed by atoms with Crippen molar-refractivity contribution in [3.05, 3.63) is 37.8 Å². The van der Waals surface area contributed by atoms with Crippen molar-refractivity contribution in [3.63, 3.8) is 0 Å². The summed E-state index contributed by atoms with van der Waals surface area (Å²) in [6, 6.07) is 3.70. The number of aliphatic hydroxyl groups is 1. The van der Waals surface area contributed by atoms with Crippen LogP contribution in [0.2, 0.25) is 8.67 Å². The van der Waals surface area contributed by atoms with E-state index >= 15 is 0 Å². The van der Waals surface area contributed by atoms with E-state index < -0.39 is 6.10 Å². The molecule has 0 amide bonds. The second-order valence-corrected chi connectivity index (χ2v) is 6.38. The Morgan fingerprint density at radius 2 is 2.17 bits per heavy atom. The van der Waals surface area contributed by atoms with Crippen LogP contribution in [-0.2, 0) is 13.0 Å². The summed E-state index contributed by atoms with van der Waals surface area (Å²) >= 11 is 13.2. The van der Waals surface area contributed by atoms with Crippen LogP contribution in [0.25, 0.3) is 0 Å². The van der Waals surface area contributed by atoms with Crippen LogP contribution in [0.5, 0.6) is 0 Å². The van der Waals surface area contributed by atoms with E-state index in [1.807, 2.05) is 24.6 Å². The predicted molar refractivity (Wildman–Crippen MR) is 75.6 cm³/mol. The molecule has 98 valence electrons. The molecule has 6 heteroatoms. The molecule has 0 saturated carbocycles. The van der Waals surface area contributed by atoms with Gasteiger partial charge >= 0.3 is 0 Å². The molecule has 2 aromatic heterocycles. The lowest BCUT2D eigenvalue weighted by Gasteiger charge is -2.10. The molecule has 0 bridgehead atoms. The summed E-state index contributed by atoms with van der Waals surface area (Å²) in [6.07, 6.45) is -0.163. The Kier molecular flexibility index (Phi) is 4.33. The van der Waals surface area contributed by atoms with Crippen molar-refractivity contribution in [1.82, 2.24) is 9.78 Å². The molecule has 1 N–H and O–H groups in total. The summed E-state index contributed by atoms with van der Waals surface area (Å²) in [6.45, 7) is 4.75. The Labute approximate surface area is 120 Å². The van der Waals surface area contributed by atoms with Crippen LogP contribution < -0.4 is 0 Å². The first-order valence-electron chi connectivity index (χ1n) is 5.67. The van der Waals surface area contributed by atoms with Crippen LogP contribution in [0.4, 0.5) is 0 Å². The highest BCUT2D eigenvalue weighted by molar-refractivity contribution is 7.20. The van der Waals surface area contributed by atoms with E-state index in [-0.39, 0.29) is 0 Å². The van der Waals surface area contributed by atoms with Crippen LogP contribution >= 0.6 is 34.5 Å². The first-order chi connectivity index (χ1) is 8.51. The third kappa shape index (κ3) is 2.88. The van der Waals surface area contributed by atoms with Crippen molar-refractivity contribution >= 4 is 34.5 Å². The van der Waals surface area contributed by atoms with Crippen molar-refractivity contribution in [2.24, 2.45) is 0 Å². The first kappa shape index (κ1) is 13.9. The average molecular weight is 305 g/mol. The molecule has 0 aliphatic carbocycles. The number of aryl methyl sites for hydroxylation is 2. The van der Waals surface area contributed by atoms with Gasteiger partial charge in [0.25, 0.3) is 0 Å². The highest BCUT2D eigenvalue weighted by Gasteiger charge is 2.17. The van der Waals surface area contributed by atoms with E-state index in [4.69, 9.17) is 23.2 Å². The van der Waals surface area contributed by atoms with Gasteiger partial charge in [0.05, 0.1) is 16.1 Å². The monoisotopic (exact) mass is 304 g/mol. The van der Waals surface area contributed by atoms with Crippen molar-refractivity contribution in [1.29, 1.82) is 0 Å². The van der Waals surface area contributed by atoms with Gasteiger partial charge in [-0.3, -0.25) is 4.68 Å². The topological polar surface area (TPSA) is 38.0 Å². The second kappa shape index (κ2) is 5.61. The van der Waals surface area contributed by atoms with Crippen LogP contribution in [0.15, 0.2) is 12.1 Å². The Morgan fingerprint density at radius 3 is 2.72 bits per heavy atom. The molecule has 2 rings (SSSR count). The number of thiophene rings is 1. The van der Waals surface area contributed by atoms with Crippen molar-refractivity contribution < 1.29 is 5.11 Å². The minimum Gasteiger partial charge on any atom is -0.388 e. The molecule has 3 nitrogen and oxygen atoms in total. The van der Waals surface area contributed by atoms with E-state index in [9.17, 15) is 5.11 Å². The number of nitrogens with zero attached hydrogens (tertiary/aromatic N) is 2. The molecule has 0 aromatic carbocycles. The van der Waals surface area contributed by atoms with E-state index in [1.165, 1.54) is 11.3 Å². The first-order valence-corrected chi connectivity index (χ1v) is 7.24. The average Bonchev–Trinajstić information content (AvgIpc) is 2.81. The molecule has 0 aliphatic heterocycles. The number of aromatic nitrogens is 2. The summed E-state index contributed by atoms with van der Waals surface area (Å²) in [5, 5.41) is 14.6. The van der Waals surface area contributed by atoms with Crippen molar-refractivity contribution in [2.45, 2.75) is 32.9 Å². The lowest BCUT2D eigenvalue weighted by Crippen LogP contribution is -2.08. The molecule has 1 atom stereocenters. The third-order valence-electron chi connectivity index (χ3n) is 2.73. The van der Waals surface area contributed by atoms with Gasteiger partial charge in [0.15, 0.2) is 0 Å². The minimum atomic E-state index is -0.650. The lowest BCUT2D eigenvalue weighted by atomic mass is 10.1. The maximum Gasteiger partial charge on any atom is 0.100 e. The smallest absolute Gasteiger partial charge is 0.100 e. The van der Waals surface area contributed by atoms with Gasteiger partial charge in [0.1, 0.15) is 4.34 Å². The fraction of sp³-hybridized carbons (Fsp3) is 0.417. The van der Waals surface area contributed by atoms with Gasteiger partial charge in [0.2, 0.25) is 0 Å². The standard InChI is InChI=1S/C12H14Cl2N2OS/c1-3-16-8(4-7(2)15-16)5-10(17)9-6-11(13)18-12(9)14/h4,6,10,17H,3,5H2,1-2H3. The fourth-order valence-electron chi connectivity index (χ4n) is 1.93. The van der Waals surface area contributed by atoms with Gasteiger partial charge in [-0.05, 0) is 26.0 Å². The Bertz CT molecular complexity index is 550. The molecular formula is C12H14Cl2N2OS. The van der Waals surface area contributed by atoms with Crippen LogP contribution in [0.1, 0.15) is 30.0 Å². The minimum absolute atomic E-state index is 0.488. The van der Waals surface area contributed by atoms with E-state index in [2.05, 4.69) is 5.10 Å². The van der Waals surface area contributed by atoms with E-state index in [0.29, 0.717) is 20.7 Å². The lowest BCUT2D eigenvalue weighted by molar-refractivity contribution is 0.176. The maximum absolute atomic E-state index is 10.2. The number of hydrogen-bond acceptors (Lipinski definition) is 3. The van der Waals surface area contributed by atoms with Gasteiger partial charge < -0.3 is 5.11 Å². The number of halogens is 2. The third-order valence-corrected chi connectivity index (χ3v) is 4.25. The summed E-state index contributed by atoms with van der Waals surface area (Å²) in [5.74, 6) is 0. The molecule has 2 heterocycles. The molecule has 2 aromatic rings. The highest BCUT2D eigenvalue weighted by atomic mass is 35.5. The molecule has 18 heavy (non-hydrogen) atoms. The van der Waals surface area contributed by atoms with E-state index in [0.717, 1.165) is 17.9 Å². The van der Waals surface area contributed by atoms with Crippen LogP contribution in [0.3, 0.4) is 0 Å². The van der Waals surface area contributed by atoms with Gasteiger partial charge in [-0.1, -0.05) is 23.2 Å². The zero-order valence-electron chi connectivity index (χ0n) is 10.2. The van der Waals surface area contributed by atoms with Crippen molar-refractivity contribution in [3.8, 4) is 0 Å². The summed E-state index contributed by atoms with van der Waals surface area (Å²) in [7, 11) is 0. The Morgan fingerprint density at radius 1 is 1.44 bits per heavy atom. The largest absolute Gasteiger partial charge is 0.388 e. The summed E-state index contributed by atoms with van der Waals surface area (Å²) < 4.78 is 3.03. The molecule has 1 unspecified atom stereocenters. The van der Waals surface area contributed by atoms with Gasteiger partial charge in [-0.2, -0.15) is 5.10 Å². The van der Waals surface area contributed by atoms with Crippen LogP contribution in [-0.4, -0.2) is 14.9 Å². The number of rotatable bonds is 4. The Balaban J connectivity index is 2.20. The zero-order valence-corrected chi connectivity index (χ0v) is 12.5. The zero-order chi connectivity index (χ0) is 13.3. The number of hydrogen-bond donors (Lipinski definition) is 1. The quantitative estimate of drug-likeness (QED) is 0.931. The summed E-state index contributed by atoms with van der Waals surface area (Å²) in [4.78, 5) is 0. The predicted octanol–water partition coefficient (Wildman–Crippen LogP) is 3.86. The maximum atomic E-state index is 10.2. The molecular weight excluding hydrogens is 291 g/mol. The molecule has 0 aliphatic rings. The SMILES string of the molecule is CCn1nc(C)cc1CC(O)c1cc(Cl)sc1Cl. The van der Waals surface area contributed by atoms with Crippen LogP contribution in [0, 0.1) is 6.92 Å². The van der Waals surface area contributed by atoms with E-state index in [1.54, 1.807) is 6.07 Å². The molecule has 0 saturated heterocycles. The fourth-order valence-corrected chi connectivity index (χ4v) is 3.49. The highest BCUT2D eigenvalue weighted by Crippen LogP contribution is 2.36. The summed E-state index contributed by atoms with van der Waals surface area (Å²) in [5.41, 5.74) is 2.64. The van der Waals surface area contributed by atoms with Gasteiger partial charge in [-0.15, -0.1) is 11.3 Å². The van der Waals surface area contributed by atoms with Crippen molar-refractivity contribution in [2.75, 3.05) is 0 Å². The Hall–Kier alpha value is -0.550. The van der Waals surface area contributed by atoms with Gasteiger partial charge in [0, 0.05) is 24.2 Å². The molecule has 0 fully saturated rings. The second-order valence-electron chi connectivity index (χ2n) is 4.09. The normalized spacial score (nSPS) is 12.9.